The number of nitrogens with one attached hydrogen (secondary N) is 1. The summed E-state index contributed by atoms with van der Waals surface area (Å²) in [6.45, 7) is 1.26. The van der Waals surface area contributed by atoms with Crippen LogP contribution in [0.3, 0.4) is 0 Å². The Morgan fingerprint density at radius 3 is 2.91 bits per heavy atom. The van der Waals surface area contributed by atoms with Crippen LogP contribution in [-0.2, 0) is 10.4 Å². The van der Waals surface area contributed by atoms with Gasteiger partial charge in [0, 0.05) is 0 Å². The molecular weight excluding hydrogens is 148 g/mol. The number of hydrogen-bond donors (Lipinski definition) is 3. The standard InChI is InChI=1S/C5H8N4O2/c1-5(11,4(6)10)3-2-7-9-8-3/h2,11H,1H3,(H2,6,10)(H,7,8,9). The Labute approximate surface area is 62.4 Å². The lowest BCUT2D eigenvalue weighted by Crippen LogP contribution is -2.38. The van der Waals surface area contributed by atoms with Gasteiger partial charge in [-0.05, 0) is 6.92 Å². The summed E-state index contributed by atoms with van der Waals surface area (Å²) in [5.41, 5.74) is 3.26. The zero-order valence-electron chi connectivity index (χ0n) is 5.90. The summed E-state index contributed by atoms with van der Waals surface area (Å²) in [6.07, 6.45) is 1.24. The van der Waals surface area contributed by atoms with E-state index in [-0.39, 0.29) is 5.69 Å². The van der Waals surface area contributed by atoms with Gasteiger partial charge in [-0.3, -0.25) is 4.79 Å². The molecule has 1 amide bonds. The third-order valence-corrected chi connectivity index (χ3v) is 1.39. The van der Waals surface area contributed by atoms with Gasteiger partial charge >= 0.3 is 0 Å². The number of aromatic amines is 1. The zero-order valence-corrected chi connectivity index (χ0v) is 5.90. The van der Waals surface area contributed by atoms with Gasteiger partial charge in [0.2, 0.25) is 0 Å². The maximum absolute atomic E-state index is 10.6. The van der Waals surface area contributed by atoms with Gasteiger partial charge in [-0.2, -0.15) is 15.4 Å². The first-order valence-electron chi connectivity index (χ1n) is 2.93. The maximum Gasteiger partial charge on any atom is 0.255 e. The van der Waals surface area contributed by atoms with Crippen molar-refractivity contribution in [2.24, 2.45) is 5.73 Å². The molecule has 0 aliphatic heterocycles. The van der Waals surface area contributed by atoms with E-state index in [4.69, 9.17) is 5.73 Å². The topological polar surface area (TPSA) is 105 Å². The predicted molar refractivity (Wildman–Crippen MR) is 35.1 cm³/mol. The van der Waals surface area contributed by atoms with Crippen molar-refractivity contribution in [3.05, 3.63) is 11.9 Å². The largest absolute Gasteiger partial charge is 0.374 e. The summed E-state index contributed by atoms with van der Waals surface area (Å²) in [5.74, 6) is -0.855. The van der Waals surface area contributed by atoms with Crippen LogP contribution >= 0.6 is 0 Å². The van der Waals surface area contributed by atoms with Gasteiger partial charge in [0.25, 0.3) is 5.91 Å². The number of aliphatic hydroxyl groups is 1. The molecule has 0 bridgehead atoms. The van der Waals surface area contributed by atoms with Crippen molar-refractivity contribution in [2.75, 3.05) is 0 Å². The number of hydrogen-bond acceptors (Lipinski definition) is 4. The normalized spacial score (nSPS) is 15.8. The number of primary amides is 1. The van der Waals surface area contributed by atoms with Crippen molar-refractivity contribution in [2.45, 2.75) is 12.5 Å². The first-order chi connectivity index (χ1) is 5.05. The summed E-state index contributed by atoms with van der Waals surface area (Å²) in [5, 5.41) is 18.6. The minimum absolute atomic E-state index is 0.116. The molecule has 0 aromatic carbocycles. The summed E-state index contributed by atoms with van der Waals surface area (Å²) in [4.78, 5) is 10.6. The van der Waals surface area contributed by atoms with Gasteiger partial charge in [0.1, 0.15) is 5.69 Å². The van der Waals surface area contributed by atoms with Gasteiger partial charge in [0.05, 0.1) is 6.20 Å². The molecule has 0 saturated heterocycles. The lowest BCUT2D eigenvalue weighted by Gasteiger charge is -2.14. The highest BCUT2D eigenvalue weighted by molar-refractivity contribution is 5.83. The van der Waals surface area contributed by atoms with Crippen LogP contribution in [0.4, 0.5) is 0 Å². The maximum atomic E-state index is 10.6. The van der Waals surface area contributed by atoms with Crippen LogP contribution in [0.25, 0.3) is 0 Å². The van der Waals surface area contributed by atoms with E-state index in [1.165, 1.54) is 13.1 Å². The summed E-state index contributed by atoms with van der Waals surface area (Å²) in [7, 11) is 0. The number of rotatable bonds is 2. The van der Waals surface area contributed by atoms with Crippen LogP contribution in [0.2, 0.25) is 0 Å². The molecule has 4 N–H and O–H groups in total. The average Bonchev–Trinajstić information content (AvgIpc) is 2.37. The van der Waals surface area contributed by atoms with E-state index in [1.807, 2.05) is 0 Å². The molecule has 0 fully saturated rings. The Hall–Kier alpha value is -1.43. The van der Waals surface area contributed by atoms with Crippen molar-refractivity contribution in [1.29, 1.82) is 0 Å². The molecule has 11 heavy (non-hydrogen) atoms. The molecule has 0 spiro atoms. The number of carbonyl (C=O) groups excluding carboxylic acids is 1. The van der Waals surface area contributed by atoms with Gasteiger partial charge in [-0.1, -0.05) is 0 Å². The van der Waals surface area contributed by atoms with E-state index in [0.29, 0.717) is 0 Å². The number of amides is 1. The molecule has 0 radical (unpaired) electrons. The van der Waals surface area contributed by atoms with Crippen molar-refractivity contribution in [1.82, 2.24) is 15.4 Å². The van der Waals surface area contributed by atoms with E-state index in [2.05, 4.69) is 15.4 Å². The summed E-state index contributed by atoms with van der Waals surface area (Å²) >= 11 is 0. The highest BCUT2D eigenvalue weighted by atomic mass is 16.3. The molecule has 6 heteroatoms. The quantitative estimate of drug-likeness (QED) is 0.484. The van der Waals surface area contributed by atoms with Crippen molar-refractivity contribution >= 4 is 5.91 Å². The van der Waals surface area contributed by atoms with Crippen LogP contribution in [0.1, 0.15) is 12.6 Å². The minimum atomic E-state index is -1.74. The third-order valence-electron chi connectivity index (χ3n) is 1.39. The smallest absolute Gasteiger partial charge is 0.255 e. The third kappa shape index (κ3) is 1.20. The summed E-state index contributed by atoms with van der Waals surface area (Å²) in [6, 6.07) is 0. The lowest BCUT2D eigenvalue weighted by molar-refractivity contribution is -0.135. The van der Waals surface area contributed by atoms with Crippen LogP contribution in [-0.4, -0.2) is 26.4 Å². The molecule has 1 unspecified atom stereocenters. The SMILES string of the molecule is CC(O)(C(N)=O)c1cn[nH]n1. The molecule has 0 saturated carbocycles. The molecule has 1 aromatic heterocycles. The fraction of sp³-hybridized carbons (Fsp3) is 0.400. The van der Waals surface area contributed by atoms with Crippen LogP contribution in [0.5, 0.6) is 0 Å². The second kappa shape index (κ2) is 2.31. The molecule has 1 heterocycles. The molecule has 6 nitrogen and oxygen atoms in total. The predicted octanol–water partition coefficient (Wildman–Crippen LogP) is -1.50. The molecule has 1 aromatic rings. The molecular formula is C5H8N4O2. The Morgan fingerprint density at radius 2 is 2.55 bits per heavy atom. The van der Waals surface area contributed by atoms with Crippen LogP contribution in [0.15, 0.2) is 6.20 Å². The monoisotopic (exact) mass is 156 g/mol. The molecule has 0 aliphatic rings. The lowest BCUT2D eigenvalue weighted by atomic mass is 10.0. The Kier molecular flexibility index (Phi) is 1.61. The first kappa shape index (κ1) is 7.67. The van der Waals surface area contributed by atoms with Crippen molar-refractivity contribution < 1.29 is 9.90 Å². The highest BCUT2D eigenvalue weighted by Gasteiger charge is 2.32. The van der Waals surface area contributed by atoms with E-state index in [0.717, 1.165) is 0 Å². The number of aromatic nitrogens is 3. The van der Waals surface area contributed by atoms with E-state index >= 15 is 0 Å². The van der Waals surface area contributed by atoms with E-state index < -0.39 is 11.5 Å². The summed E-state index contributed by atoms with van der Waals surface area (Å²) < 4.78 is 0. The first-order valence-corrected chi connectivity index (χ1v) is 2.93. The second-order valence-electron chi connectivity index (χ2n) is 2.29. The molecule has 60 valence electrons. The molecule has 1 atom stereocenters. The van der Waals surface area contributed by atoms with E-state index in [1.54, 1.807) is 0 Å². The minimum Gasteiger partial charge on any atom is -0.374 e. The van der Waals surface area contributed by atoms with Crippen molar-refractivity contribution in [3.63, 3.8) is 0 Å². The Balaban J connectivity index is 3.00. The van der Waals surface area contributed by atoms with Crippen LogP contribution < -0.4 is 5.73 Å². The van der Waals surface area contributed by atoms with Crippen molar-refractivity contribution in [3.8, 4) is 0 Å². The average molecular weight is 156 g/mol. The number of nitrogens with zero attached hydrogens (tertiary/aromatic N) is 2. The second-order valence-corrected chi connectivity index (χ2v) is 2.29. The number of nitrogens with two attached hydrogens (primary N) is 1. The number of carbonyl (C=O) groups is 1. The fourth-order valence-electron chi connectivity index (χ4n) is 0.562. The van der Waals surface area contributed by atoms with E-state index in [9.17, 15) is 9.90 Å². The number of H-pyrrole nitrogens is 1. The van der Waals surface area contributed by atoms with Gasteiger partial charge in [-0.25, -0.2) is 0 Å². The van der Waals surface area contributed by atoms with Gasteiger partial charge < -0.3 is 10.8 Å². The fourth-order valence-corrected chi connectivity index (χ4v) is 0.562. The Bertz CT molecular complexity index is 253. The molecule has 1 rings (SSSR count). The van der Waals surface area contributed by atoms with Gasteiger partial charge in [0.15, 0.2) is 5.60 Å². The zero-order chi connectivity index (χ0) is 8.48. The molecule has 0 aliphatic carbocycles. The Morgan fingerprint density at radius 1 is 1.91 bits per heavy atom. The highest BCUT2D eigenvalue weighted by Crippen LogP contribution is 2.15. The van der Waals surface area contributed by atoms with Crippen LogP contribution in [0, 0.1) is 0 Å². The van der Waals surface area contributed by atoms with Gasteiger partial charge in [-0.15, -0.1) is 0 Å².